The SMILES string of the molecule is CN(C)S(=O)(=O)N1CCC[C@H](C(=O)NCCCSCc2ccccc2)C1. The van der Waals surface area contributed by atoms with Crippen molar-refractivity contribution in [2.75, 3.05) is 39.5 Å². The molecular formula is C18H29N3O3S2. The minimum Gasteiger partial charge on any atom is -0.356 e. The zero-order valence-electron chi connectivity index (χ0n) is 15.6. The van der Waals surface area contributed by atoms with Crippen LogP contribution in [0.5, 0.6) is 0 Å². The Kier molecular flexibility index (Phi) is 8.40. The first-order valence-corrected chi connectivity index (χ1v) is 11.5. The topological polar surface area (TPSA) is 69.7 Å². The van der Waals surface area contributed by atoms with E-state index in [1.807, 2.05) is 30.0 Å². The van der Waals surface area contributed by atoms with Gasteiger partial charge in [-0.15, -0.1) is 0 Å². The van der Waals surface area contributed by atoms with Crippen LogP contribution in [0.25, 0.3) is 0 Å². The molecule has 8 heteroatoms. The van der Waals surface area contributed by atoms with E-state index in [1.165, 1.54) is 28.3 Å². The molecule has 1 aliphatic heterocycles. The average Bonchev–Trinajstić information content (AvgIpc) is 2.65. The van der Waals surface area contributed by atoms with Crippen molar-refractivity contribution < 1.29 is 13.2 Å². The van der Waals surface area contributed by atoms with E-state index in [0.29, 0.717) is 13.1 Å². The van der Waals surface area contributed by atoms with E-state index in [9.17, 15) is 13.2 Å². The third kappa shape index (κ3) is 6.26. The van der Waals surface area contributed by atoms with Crippen LogP contribution in [0, 0.1) is 5.92 Å². The summed E-state index contributed by atoms with van der Waals surface area (Å²) in [5.41, 5.74) is 1.31. The number of nitrogens with zero attached hydrogens (tertiary/aromatic N) is 2. The Labute approximate surface area is 161 Å². The number of benzene rings is 1. The number of hydrogen-bond donors (Lipinski definition) is 1. The molecule has 1 aliphatic rings. The molecule has 1 saturated heterocycles. The van der Waals surface area contributed by atoms with Gasteiger partial charge < -0.3 is 5.32 Å². The van der Waals surface area contributed by atoms with Crippen LogP contribution in [0.4, 0.5) is 0 Å². The van der Waals surface area contributed by atoms with Crippen molar-refractivity contribution >= 4 is 27.9 Å². The smallest absolute Gasteiger partial charge is 0.281 e. The lowest BCUT2D eigenvalue weighted by Gasteiger charge is -2.32. The number of nitrogens with one attached hydrogen (secondary N) is 1. The zero-order chi connectivity index (χ0) is 19.0. The van der Waals surface area contributed by atoms with Crippen LogP contribution >= 0.6 is 11.8 Å². The van der Waals surface area contributed by atoms with Crippen LogP contribution in [0.3, 0.4) is 0 Å². The minimum atomic E-state index is -3.44. The first-order valence-electron chi connectivity index (χ1n) is 8.98. The van der Waals surface area contributed by atoms with E-state index in [0.717, 1.165) is 30.8 Å². The maximum absolute atomic E-state index is 12.3. The lowest BCUT2D eigenvalue weighted by atomic mass is 9.99. The second-order valence-electron chi connectivity index (χ2n) is 6.67. The van der Waals surface area contributed by atoms with Crippen LogP contribution in [0.2, 0.25) is 0 Å². The van der Waals surface area contributed by atoms with Gasteiger partial charge in [-0.25, -0.2) is 0 Å². The van der Waals surface area contributed by atoms with Gasteiger partial charge in [0.1, 0.15) is 0 Å². The number of thioether (sulfide) groups is 1. The van der Waals surface area contributed by atoms with E-state index in [-0.39, 0.29) is 18.4 Å². The molecule has 6 nitrogen and oxygen atoms in total. The van der Waals surface area contributed by atoms with Crippen LogP contribution < -0.4 is 5.32 Å². The van der Waals surface area contributed by atoms with E-state index in [2.05, 4.69) is 17.4 Å². The highest BCUT2D eigenvalue weighted by molar-refractivity contribution is 7.98. The highest BCUT2D eigenvalue weighted by Crippen LogP contribution is 2.20. The summed E-state index contributed by atoms with van der Waals surface area (Å²) in [6.45, 7) is 1.40. The van der Waals surface area contributed by atoms with Crippen LogP contribution in [-0.2, 0) is 20.8 Å². The molecule has 1 aromatic rings. The summed E-state index contributed by atoms with van der Waals surface area (Å²) in [7, 11) is -0.402. The number of piperidine rings is 1. The van der Waals surface area contributed by atoms with Gasteiger partial charge in [-0.1, -0.05) is 30.3 Å². The zero-order valence-corrected chi connectivity index (χ0v) is 17.2. The van der Waals surface area contributed by atoms with E-state index >= 15 is 0 Å². The molecule has 1 fully saturated rings. The fourth-order valence-electron chi connectivity index (χ4n) is 2.89. The predicted molar refractivity (Wildman–Crippen MR) is 107 cm³/mol. The molecule has 1 heterocycles. The lowest BCUT2D eigenvalue weighted by molar-refractivity contribution is -0.126. The Morgan fingerprint density at radius 3 is 2.73 bits per heavy atom. The fourth-order valence-corrected chi connectivity index (χ4v) is 5.00. The molecule has 1 atom stereocenters. The number of hydrogen-bond acceptors (Lipinski definition) is 4. The van der Waals surface area contributed by atoms with Gasteiger partial charge in [0.05, 0.1) is 5.92 Å². The molecule has 0 bridgehead atoms. The molecule has 0 unspecified atom stereocenters. The number of amides is 1. The molecule has 0 aromatic heterocycles. The van der Waals surface area contributed by atoms with E-state index < -0.39 is 10.2 Å². The molecule has 0 aliphatic carbocycles. The first-order chi connectivity index (χ1) is 12.4. The van der Waals surface area contributed by atoms with Gasteiger partial charge in [0.2, 0.25) is 5.91 Å². The standard InChI is InChI=1S/C18H29N3O3S2/c1-20(2)26(23,24)21-12-6-10-17(14-21)18(22)19-11-7-13-25-15-16-8-4-3-5-9-16/h3-5,8-9,17H,6-7,10-15H2,1-2H3,(H,19,22)/t17-/m0/s1. The summed E-state index contributed by atoms with van der Waals surface area (Å²) in [5, 5.41) is 2.96. The highest BCUT2D eigenvalue weighted by atomic mass is 32.2. The average molecular weight is 400 g/mol. The van der Waals surface area contributed by atoms with Crippen LogP contribution in [0.1, 0.15) is 24.8 Å². The van der Waals surface area contributed by atoms with Crippen molar-refractivity contribution in [2.45, 2.75) is 25.0 Å². The third-order valence-electron chi connectivity index (χ3n) is 4.42. The highest BCUT2D eigenvalue weighted by Gasteiger charge is 2.33. The maximum atomic E-state index is 12.3. The molecule has 1 amide bonds. The normalized spacial score (nSPS) is 18.8. The molecule has 0 radical (unpaired) electrons. The van der Waals surface area contributed by atoms with Crippen molar-refractivity contribution in [3.63, 3.8) is 0 Å². The third-order valence-corrected chi connectivity index (χ3v) is 7.44. The summed E-state index contributed by atoms with van der Waals surface area (Å²) < 4.78 is 27.1. The Morgan fingerprint density at radius 1 is 1.31 bits per heavy atom. The Balaban J connectivity index is 1.66. The summed E-state index contributed by atoms with van der Waals surface area (Å²) in [6, 6.07) is 10.3. The number of carbonyl (C=O) groups is 1. The first kappa shape index (κ1) is 21.2. The van der Waals surface area contributed by atoms with Crippen molar-refractivity contribution in [1.82, 2.24) is 13.9 Å². The minimum absolute atomic E-state index is 0.0308. The molecule has 1 aromatic carbocycles. The second kappa shape index (κ2) is 10.3. The van der Waals surface area contributed by atoms with Gasteiger partial charge in [-0.3, -0.25) is 4.79 Å². The van der Waals surface area contributed by atoms with Crippen molar-refractivity contribution in [3.05, 3.63) is 35.9 Å². The van der Waals surface area contributed by atoms with Gasteiger partial charge in [0.25, 0.3) is 10.2 Å². The van der Waals surface area contributed by atoms with Crippen molar-refractivity contribution in [2.24, 2.45) is 5.92 Å². The second-order valence-corrected chi connectivity index (χ2v) is 9.92. The Morgan fingerprint density at radius 2 is 2.04 bits per heavy atom. The molecule has 0 saturated carbocycles. The quantitative estimate of drug-likeness (QED) is 0.645. The summed E-state index contributed by atoms with van der Waals surface area (Å²) >= 11 is 1.86. The number of carbonyl (C=O) groups excluding carboxylic acids is 1. The molecular weight excluding hydrogens is 370 g/mol. The fraction of sp³-hybridized carbons (Fsp3) is 0.611. The lowest BCUT2D eigenvalue weighted by Crippen LogP contribution is -2.48. The van der Waals surface area contributed by atoms with Gasteiger partial charge >= 0.3 is 0 Å². The summed E-state index contributed by atoms with van der Waals surface area (Å²) in [5.74, 6) is 1.68. The molecule has 1 N–H and O–H groups in total. The molecule has 2 rings (SSSR count). The van der Waals surface area contributed by atoms with Crippen LogP contribution in [0.15, 0.2) is 30.3 Å². The van der Waals surface area contributed by atoms with Gasteiger partial charge in [0.15, 0.2) is 0 Å². The van der Waals surface area contributed by atoms with Gasteiger partial charge in [-0.2, -0.15) is 28.8 Å². The summed E-state index contributed by atoms with van der Waals surface area (Å²) in [6.07, 6.45) is 2.38. The van der Waals surface area contributed by atoms with E-state index in [1.54, 1.807) is 0 Å². The molecule has 146 valence electrons. The number of rotatable bonds is 9. The van der Waals surface area contributed by atoms with Crippen molar-refractivity contribution in [3.8, 4) is 0 Å². The van der Waals surface area contributed by atoms with Gasteiger partial charge in [0, 0.05) is 39.5 Å². The van der Waals surface area contributed by atoms with Gasteiger partial charge in [-0.05, 0) is 30.6 Å². The summed E-state index contributed by atoms with van der Waals surface area (Å²) in [4.78, 5) is 12.3. The van der Waals surface area contributed by atoms with Crippen LogP contribution in [-0.4, -0.2) is 62.4 Å². The van der Waals surface area contributed by atoms with Crippen molar-refractivity contribution in [1.29, 1.82) is 0 Å². The Hall–Kier alpha value is -1.09. The maximum Gasteiger partial charge on any atom is 0.281 e. The monoisotopic (exact) mass is 399 g/mol. The van der Waals surface area contributed by atoms with E-state index in [4.69, 9.17) is 0 Å². The molecule has 0 spiro atoms. The Bertz CT molecular complexity index is 666. The predicted octanol–water partition coefficient (Wildman–Crippen LogP) is 1.94. The largest absolute Gasteiger partial charge is 0.356 e. The molecule has 26 heavy (non-hydrogen) atoms.